The lowest BCUT2D eigenvalue weighted by Gasteiger charge is -2.36. The summed E-state index contributed by atoms with van der Waals surface area (Å²) in [5, 5.41) is 4.26. The number of amides is 1. The van der Waals surface area contributed by atoms with Crippen LogP contribution >= 0.6 is 0 Å². The Hall–Kier alpha value is -3.00. The van der Waals surface area contributed by atoms with Crippen LogP contribution < -0.4 is 4.74 Å². The predicted octanol–water partition coefficient (Wildman–Crippen LogP) is 1.58. The molecule has 8 heteroatoms. The predicted molar refractivity (Wildman–Crippen MR) is 99.9 cm³/mol. The molecule has 144 valence electrons. The molecular formula is C20H21N5O3. The van der Waals surface area contributed by atoms with Crippen LogP contribution in [0, 0.1) is 12.8 Å². The minimum Gasteiger partial charge on any atom is -0.492 e. The summed E-state index contributed by atoms with van der Waals surface area (Å²) < 4.78 is 13.5. The van der Waals surface area contributed by atoms with E-state index in [1.54, 1.807) is 4.52 Å². The molecule has 2 aliphatic heterocycles. The van der Waals surface area contributed by atoms with E-state index in [4.69, 9.17) is 9.47 Å². The molecule has 1 saturated heterocycles. The monoisotopic (exact) mass is 379 g/mol. The van der Waals surface area contributed by atoms with Gasteiger partial charge in [-0.1, -0.05) is 18.2 Å². The molecule has 5 rings (SSSR count). The molecule has 8 nitrogen and oxygen atoms in total. The van der Waals surface area contributed by atoms with Crippen LogP contribution in [-0.2, 0) is 16.0 Å². The van der Waals surface area contributed by atoms with Gasteiger partial charge in [-0.3, -0.25) is 4.79 Å². The molecule has 3 aromatic rings. The third-order valence-corrected chi connectivity index (χ3v) is 5.34. The van der Waals surface area contributed by atoms with Gasteiger partial charge in [-0.05, 0) is 31.0 Å². The number of hydrogen-bond acceptors (Lipinski definition) is 6. The normalized spacial score (nSPS) is 22.0. The van der Waals surface area contributed by atoms with Gasteiger partial charge in [0.15, 0.2) is 0 Å². The van der Waals surface area contributed by atoms with Crippen molar-refractivity contribution < 1.29 is 14.3 Å². The number of morpholine rings is 1. The van der Waals surface area contributed by atoms with Crippen molar-refractivity contribution in [3.63, 3.8) is 0 Å². The lowest BCUT2D eigenvalue weighted by atomic mass is 9.95. The van der Waals surface area contributed by atoms with Crippen LogP contribution in [-0.4, -0.2) is 56.7 Å². The minimum absolute atomic E-state index is 0.114. The number of carbonyl (C=O) groups is 1. The van der Waals surface area contributed by atoms with E-state index in [9.17, 15) is 4.79 Å². The Morgan fingerprint density at radius 1 is 1.29 bits per heavy atom. The van der Waals surface area contributed by atoms with Crippen LogP contribution in [0.5, 0.6) is 5.75 Å². The second-order valence-electron chi connectivity index (χ2n) is 7.26. The highest BCUT2D eigenvalue weighted by Gasteiger charge is 2.33. The van der Waals surface area contributed by atoms with E-state index in [0.29, 0.717) is 38.5 Å². The van der Waals surface area contributed by atoms with Gasteiger partial charge < -0.3 is 14.4 Å². The third-order valence-electron chi connectivity index (χ3n) is 5.34. The summed E-state index contributed by atoms with van der Waals surface area (Å²) in [6, 6.07) is 9.86. The number of rotatable bonds is 2. The molecule has 0 saturated carbocycles. The first-order valence-corrected chi connectivity index (χ1v) is 9.47. The molecular weight excluding hydrogens is 358 g/mol. The molecule has 1 fully saturated rings. The van der Waals surface area contributed by atoms with Crippen LogP contribution in [0.25, 0.3) is 5.78 Å². The number of ether oxygens (including phenoxy) is 2. The topological polar surface area (TPSA) is 81.9 Å². The number of aromatic nitrogens is 4. The van der Waals surface area contributed by atoms with Gasteiger partial charge in [0.1, 0.15) is 24.8 Å². The number of fused-ring (bicyclic) bond motifs is 2. The SMILES string of the molecule is Cc1cc([C@@H]2CN(C(=O)[C@@H]3COc4ccccc4C3)CCO2)n2ncnc2n1. The van der Waals surface area contributed by atoms with Crippen molar-refractivity contribution in [1.82, 2.24) is 24.5 Å². The van der Waals surface area contributed by atoms with Gasteiger partial charge in [0.05, 0.1) is 24.8 Å². The maximum atomic E-state index is 13.2. The first-order valence-electron chi connectivity index (χ1n) is 9.47. The van der Waals surface area contributed by atoms with Crippen LogP contribution in [0.4, 0.5) is 0 Å². The Labute approximate surface area is 162 Å². The number of carbonyl (C=O) groups excluding carboxylic acids is 1. The van der Waals surface area contributed by atoms with Crippen LogP contribution in [0.3, 0.4) is 0 Å². The highest BCUT2D eigenvalue weighted by atomic mass is 16.5. The average Bonchev–Trinajstić information content (AvgIpc) is 3.20. The second-order valence-corrected chi connectivity index (χ2v) is 7.26. The van der Waals surface area contributed by atoms with Crippen LogP contribution in [0.15, 0.2) is 36.7 Å². The number of hydrogen-bond donors (Lipinski definition) is 0. The maximum Gasteiger partial charge on any atom is 0.252 e. The van der Waals surface area contributed by atoms with Gasteiger partial charge in [0, 0.05) is 12.2 Å². The largest absolute Gasteiger partial charge is 0.492 e. The maximum absolute atomic E-state index is 13.2. The third kappa shape index (κ3) is 2.99. The zero-order chi connectivity index (χ0) is 19.1. The number of para-hydroxylation sites is 1. The molecule has 2 atom stereocenters. The van der Waals surface area contributed by atoms with Crippen molar-refractivity contribution in [2.24, 2.45) is 5.92 Å². The molecule has 0 bridgehead atoms. The fraction of sp³-hybridized carbons (Fsp3) is 0.400. The smallest absolute Gasteiger partial charge is 0.252 e. The molecule has 28 heavy (non-hydrogen) atoms. The van der Waals surface area contributed by atoms with Crippen molar-refractivity contribution >= 4 is 11.7 Å². The van der Waals surface area contributed by atoms with Crippen molar-refractivity contribution in [3.05, 3.63) is 53.6 Å². The van der Waals surface area contributed by atoms with Crippen molar-refractivity contribution in [2.75, 3.05) is 26.3 Å². The van der Waals surface area contributed by atoms with E-state index < -0.39 is 0 Å². The Bertz CT molecular complexity index is 1030. The Morgan fingerprint density at radius 2 is 2.18 bits per heavy atom. The lowest BCUT2D eigenvalue weighted by molar-refractivity contribution is -0.145. The summed E-state index contributed by atoms with van der Waals surface area (Å²) >= 11 is 0. The van der Waals surface area contributed by atoms with Crippen molar-refractivity contribution in [2.45, 2.75) is 19.4 Å². The molecule has 0 N–H and O–H groups in total. The van der Waals surface area contributed by atoms with E-state index in [2.05, 4.69) is 15.1 Å². The minimum atomic E-state index is -0.264. The van der Waals surface area contributed by atoms with E-state index >= 15 is 0 Å². The Balaban J connectivity index is 1.36. The number of benzene rings is 1. The first-order chi connectivity index (χ1) is 13.7. The summed E-state index contributed by atoms with van der Waals surface area (Å²) in [5.41, 5.74) is 2.80. The molecule has 1 aromatic carbocycles. The van der Waals surface area contributed by atoms with E-state index in [1.165, 1.54) is 6.33 Å². The van der Waals surface area contributed by atoms with Gasteiger partial charge in [0.25, 0.3) is 5.78 Å². The molecule has 0 aliphatic carbocycles. The van der Waals surface area contributed by atoms with Crippen LogP contribution in [0.2, 0.25) is 0 Å². The quantitative estimate of drug-likeness (QED) is 0.673. The summed E-state index contributed by atoms with van der Waals surface area (Å²) in [7, 11) is 0. The standard InChI is InChI=1S/C20H21N5O3/c1-13-8-16(25-20(23-13)21-12-22-25)18-10-24(6-7-27-18)19(26)15-9-14-4-2-3-5-17(14)28-11-15/h2-5,8,12,15,18H,6-7,9-11H2,1H3/t15-,18-/m0/s1. The highest BCUT2D eigenvalue weighted by Crippen LogP contribution is 2.29. The summed E-state index contributed by atoms with van der Waals surface area (Å²) in [4.78, 5) is 23.6. The van der Waals surface area contributed by atoms with Gasteiger partial charge in [-0.2, -0.15) is 14.6 Å². The molecule has 1 amide bonds. The Morgan fingerprint density at radius 3 is 3.11 bits per heavy atom. The highest BCUT2D eigenvalue weighted by molar-refractivity contribution is 5.80. The summed E-state index contributed by atoms with van der Waals surface area (Å²) in [6.45, 7) is 3.88. The molecule has 0 unspecified atom stereocenters. The van der Waals surface area contributed by atoms with Gasteiger partial charge in [0.2, 0.25) is 5.91 Å². The van der Waals surface area contributed by atoms with E-state index in [0.717, 1.165) is 22.7 Å². The van der Waals surface area contributed by atoms with Crippen LogP contribution in [0.1, 0.15) is 23.1 Å². The molecule has 0 spiro atoms. The average molecular weight is 379 g/mol. The molecule has 0 radical (unpaired) electrons. The molecule has 2 aromatic heterocycles. The van der Waals surface area contributed by atoms with E-state index in [-0.39, 0.29) is 17.9 Å². The molecule has 2 aliphatic rings. The van der Waals surface area contributed by atoms with Gasteiger partial charge in [-0.15, -0.1) is 0 Å². The second kappa shape index (κ2) is 6.87. The summed E-state index contributed by atoms with van der Waals surface area (Å²) in [5.74, 6) is 1.37. The number of aryl methyl sites for hydroxylation is 1. The fourth-order valence-corrected chi connectivity index (χ4v) is 3.96. The number of nitrogens with zero attached hydrogens (tertiary/aromatic N) is 5. The zero-order valence-corrected chi connectivity index (χ0v) is 15.6. The van der Waals surface area contributed by atoms with Gasteiger partial charge in [-0.25, -0.2) is 4.98 Å². The first kappa shape index (κ1) is 17.1. The van der Waals surface area contributed by atoms with E-state index in [1.807, 2.05) is 42.2 Å². The van der Waals surface area contributed by atoms with Gasteiger partial charge >= 0.3 is 0 Å². The molecule has 4 heterocycles. The zero-order valence-electron chi connectivity index (χ0n) is 15.6. The Kier molecular flexibility index (Phi) is 4.20. The lowest BCUT2D eigenvalue weighted by Crippen LogP contribution is -2.47. The van der Waals surface area contributed by atoms with Crippen molar-refractivity contribution in [1.29, 1.82) is 0 Å². The summed E-state index contributed by atoms with van der Waals surface area (Å²) in [6.07, 6.45) is 1.92. The fourth-order valence-electron chi connectivity index (χ4n) is 3.96. The van der Waals surface area contributed by atoms with Crippen molar-refractivity contribution in [3.8, 4) is 5.75 Å².